The van der Waals surface area contributed by atoms with Gasteiger partial charge in [0.05, 0.1) is 22.6 Å². The van der Waals surface area contributed by atoms with Crippen LogP contribution in [0.3, 0.4) is 0 Å². The number of nitrogens with one attached hydrogen (secondary N) is 1. The highest BCUT2D eigenvalue weighted by atomic mass is 32.1. The fourth-order valence-corrected chi connectivity index (χ4v) is 2.49. The number of hydrogen-bond acceptors (Lipinski definition) is 4. The lowest BCUT2D eigenvalue weighted by Gasteiger charge is -2.05. The summed E-state index contributed by atoms with van der Waals surface area (Å²) in [5.41, 5.74) is 1.62. The van der Waals surface area contributed by atoms with E-state index in [9.17, 15) is 9.59 Å². The number of carbonyl (C=O) groups excluding carboxylic acids is 2. The summed E-state index contributed by atoms with van der Waals surface area (Å²) in [6, 6.07) is 8.90. The molecule has 0 aliphatic heterocycles. The maximum Gasteiger partial charge on any atom is 0.339 e. The lowest BCUT2D eigenvalue weighted by molar-refractivity contribution is 0.0525. The number of hydrogen-bond donors (Lipinski definition) is 1. The van der Waals surface area contributed by atoms with E-state index in [1.54, 1.807) is 38.1 Å². The Bertz CT molecular complexity index is 619. The van der Waals surface area contributed by atoms with Crippen molar-refractivity contribution < 1.29 is 14.3 Å². The zero-order valence-electron chi connectivity index (χ0n) is 11.2. The smallest absolute Gasteiger partial charge is 0.339 e. The van der Waals surface area contributed by atoms with Crippen LogP contribution in [0.4, 0.5) is 5.00 Å². The largest absolute Gasteiger partial charge is 0.462 e. The number of anilines is 1. The quantitative estimate of drug-likeness (QED) is 0.878. The summed E-state index contributed by atoms with van der Waals surface area (Å²) in [5, 5.41) is 6.27. The van der Waals surface area contributed by atoms with Gasteiger partial charge in [0, 0.05) is 5.56 Å². The third kappa shape index (κ3) is 3.05. The highest BCUT2D eigenvalue weighted by Gasteiger charge is 2.17. The Morgan fingerprint density at radius 2 is 2.00 bits per heavy atom. The Morgan fingerprint density at radius 3 is 2.65 bits per heavy atom. The Morgan fingerprint density at radius 1 is 1.30 bits per heavy atom. The molecule has 0 saturated heterocycles. The summed E-state index contributed by atoms with van der Waals surface area (Å²) in [4.78, 5) is 23.7. The molecular formula is C15H14NO3S. The van der Waals surface area contributed by atoms with Crippen LogP contribution in [0.1, 0.15) is 33.2 Å². The minimum absolute atomic E-state index is 0.209. The average Bonchev–Trinajstić information content (AvgIpc) is 2.81. The van der Waals surface area contributed by atoms with E-state index in [1.807, 2.05) is 6.07 Å². The molecule has 0 saturated carbocycles. The van der Waals surface area contributed by atoms with Gasteiger partial charge in [-0.1, -0.05) is 18.2 Å². The first-order valence-corrected chi connectivity index (χ1v) is 6.99. The second-order valence-electron chi connectivity index (χ2n) is 4.07. The van der Waals surface area contributed by atoms with Crippen LogP contribution in [-0.2, 0) is 4.74 Å². The van der Waals surface area contributed by atoms with Crippen molar-refractivity contribution in [1.29, 1.82) is 0 Å². The number of carbonyl (C=O) groups is 2. The van der Waals surface area contributed by atoms with Gasteiger partial charge < -0.3 is 10.1 Å². The summed E-state index contributed by atoms with van der Waals surface area (Å²) in [6.45, 7) is 3.82. The number of thiophene rings is 1. The van der Waals surface area contributed by atoms with E-state index >= 15 is 0 Å². The molecular weight excluding hydrogens is 274 g/mol. The van der Waals surface area contributed by atoms with E-state index in [1.165, 1.54) is 11.3 Å². The Balaban J connectivity index is 2.15. The van der Waals surface area contributed by atoms with Crippen LogP contribution in [0.25, 0.3) is 0 Å². The van der Waals surface area contributed by atoms with Gasteiger partial charge in [0.2, 0.25) is 0 Å². The summed E-state index contributed by atoms with van der Waals surface area (Å²) < 4.78 is 4.94. The Labute approximate surface area is 121 Å². The highest BCUT2D eigenvalue weighted by Crippen LogP contribution is 2.27. The maximum atomic E-state index is 12.0. The van der Waals surface area contributed by atoms with Crippen molar-refractivity contribution in [1.82, 2.24) is 0 Å². The Kier molecular flexibility index (Phi) is 4.53. The van der Waals surface area contributed by atoms with Crippen LogP contribution in [-0.4, -0.2) is 18.5 Å². The van der Waals surface area contributed by atoms with Crippen LogP contribution in [0.2, 0.25) is 0 Å². The molecule has 1 aromatic heterocycles. The maximum absolute atomic E-state index is 12.0. The predicted octanol–water partition coefficient (Wildman–Crippen LogP) is 3.29. The van der Waals surface area contributed by atoms with Crippen molar-refractivity contribution in [2.75, 3.05) is 11.9 Å². The first-order chi connectivity index (χ1) is 9.63. The SMILES string of the molecule is CCOC(=O)c1[c]sc(NC(=O)c2ccccc2)c1C. The van der Waals surface area contributed by atoms with Crippen LogP contribution < -0.4 is 5.32 Å². The van der Waals surface area contributed by atoms with Crippen LogP contribution >= 0.6 is 11.3 Å². The van der Waals surface area contributed by atoms with Crippen molar-refractivity contribution in [2.45, 2.75) is 13.8 Å². The highest BCUT2D eigenvalue weighted by molar-refractivity contribution is 7.14. The van der Waals surface area contributed by atoms with E-state index in [0.29, 0.717) is 28.3 Å². The zero-order valence-corrected chi connectivity index (χ0v) is 12.0. The fourth-order valence-electron chi connectivity index (χ4n) is 1.65. The topological polar surface area (TPSA) is 55.4 Å². The van der Waals surface area contributed by atoms with Gasteiger partial charge in [-0.2, -0.15) is 0 Å². The molecule has 2 rings (SSSR count). The standard InChI is InChI=1S/C15H14NO3S/c1-3-19-15(18)12-9-20-14(10(12)2)16-13(17)11-7-5-4-6-8-11/h4-8H,3H2,1-2H3,(H,16,17). The lowest BCUT2D eigenvalue weighted by atomic mass is 10.2. The second-order valence-corrected chi connectivity index (χ2v) is 4.89. The molecule has 1 heterocycles. The van der Waals surface area contributed by atoms with Crippen LogP contribution in [0.15, 0.2) is 30.3 Å². The summed E-state index contributed by atoms with van der Waals surface area (Å²) >= 11 is 1.20. The average molecular weight is 288 g/mol. The molecule has 1 N–H and O–H groups in total. The van der Waals surface area contributed by atoms with Gasteiger partial charge in [-0.25, -0.2) is 4.79 Å². The fraction of sp³-hybridized carbons (Fsp3) is 0.200. The van der Waals surface area contributed by atoms with E-state index in [4.69, 9.17) is 4.74 Å². The third-order valence-corrected chi connectivity index (χ3v) is 3.63. The minimum Gasteiger partial charge on any atom is -0.462 e. The van der Waals surface area contributed by atoms with Crippen LogP contribution in [0.5, 0.6) is 0 Å². The number of esters is 1. The number of benzene rings is 1. The molecule has 1 amide bonds. The zero-order chi connectivity index (χ0) is 14.5. The molecule has 0 aliphatic carbocycles. The molecule has 5 heteroatoms. The van der Waals surface area contributed by atoms with Gasteiger partial charge in [-0.05, 0) is 31.5 Å². The Hall–Kier alpha value is -2.14. The molecule has 0 spiro atoms. The van der Waals surface area contributed by atoms with Gasteiger partial charge in [0.15, 0.2) is 0 Å². The van der Waals surface area contributed by atoms with Gasteiger partial charge >= 0.3 is 5.97 Å². The first kappa shape index (κ1) is 14.3. The minimum atomic E-state index is -0.415. The molecule has 0 atom stereocenters. The van der Waals surface area contributed by atoms with E-state index in [-0.39, 0.29) is 5.91 Å². The summed E-state index contributed by atoms with van der Waals surface area (Å²) in [6.07, 6.45) is 0. The van der Waals surface area contributed by atoms with Gasteiger partial charge in [-0.3, -0.25) is 4.79 Å². The third-order valence-electron chi connectivity index (χ3n) is 2.71. The van der Waals surface area contributed by atoms with E-state index in [0.717, 1.165) is 0 Å². The summed E-state index contributed by atoms with van der Waals surface area (Å²) in [7, 11) is 0. The van der Waals surface area contributed by atoms with Crippen molar-refractivity contribution in [3.8, 4) is 0 Å². The van der Waals surface area contributed by atoms with Gasteiger partial charge in [0.1, 0.15) is 0 Å². The number of amides is 1. The molecule has 20 heavy (non-hydrogen) atoms. The molecule has 1 radical (unpaired) electrons. The van der Waals surface area contributed by atoms with Crippen molar-refractivity contribution in [2.24, 2.45) is 0 Å². The normalized spacial score (nSPS) is 10.1. The molecule has 0 unspecified atom stereocenters. The number of rotatable bonds is 4. The molecule has 2 aromatic rings. The second kappa shape index (κ2) is 6.34. The molecule has 4 nitrogen and oxygen atoms in total. The lowest BCUT2D eigenvalue weighted by Crippen LogP contribution is -2.12. The van der Waals surface area contributed by atoms with Gasteiger partial charge in [0.25, 0.3) is 5.91 Å². The van der Waals surface area contributed by atoms with E-state index < -0.39 is 5.97 Å². The number of ether oxygens (including phenoxy) is 1. The molecule has 1 aromatic carbocycles. The first-order valence-electron chi connectivity index (χ1n) is 6.18. The van der Waals surface area contributed by atoms with Crippen molar-refractivity contribution in [3.63, 3.8) is 0 Å². The molecule has 0 bridgehead atoms. The van der Waals surface area contributed by atoms with E-state index in [2.05, 4.69) is 10.7 Å². The monoisotopic (exact) mass is 288 g/mol. The van der Waals surface area contributed by atoms with Crippen molar-refractivity contribution >= 4 is 28.2 Å². The molecule has 0 fully saturated rings. The van der Waals surface area contributed by atoms with Crippen molar-refractivity contribution in [3.05, 3.63) is 52.4 Å². The predicted molar refractivity (Wildman–Crippen MR) is 78.2 cm³/mol. The van der Waals surface area contributed by atoms with Crippen LogP contribution in [0, 0.1) is 12.3 Å². The van der Waals surface area contributed by atoms with Gasteiger partial charge in [-0.15, -0.1) is 11.3 Å². The molecule has 103 valence electrons. The summed E-state index contributed by atoms with van der Waals surface area (Å²) in [5.74, 6) is -0.624. The molecule has 0 aliphatic rings.